The first kappa shape index (κ1) is 11.4. The van der Waals surface area contributed by atoms with Gasteiger partial charge in [0, 0.05) is 18.9 Å². The van der Waals surface area contributed by atoms with Gasteiger partial charge in [-0.3, -0.25) is 9.78 Å². The molecule has 0 fully saturated rings. The van der Waals surface area contributed by atoms with Crippen molar-refractivity contribution in [2.75, 3.05) is 6.54 Å². The summed E-state index contributed by atoms with van der Waals surface area (Å²) in [4.78, 5) is 18.5. The lowest BCUT2D eigenvalue weighted by atomic mass is 10.3. The van der Waals surface area contributed by atoms with Gasteiger partial charge in [-0.2, -0.15) is 0 Å². The highest BCUT2D eigenvalue weighted by atomic mass is 19.3. The zero-order valence-electron chi connectivity index (χ0n) is 7.60. The topological polar surface area (TPSA) is 75.1 Å². The van der Waals surface area contributed by atoms with Crippen LogP contribution in [0.5, 0.6) is 0 Å². The second-order valence-electron chi connectivity index (χ2n) is 2.70. The minimum absolute atomic E-state index is 0.0129. The van der Waals surface area contributed by atoms with E-state index in [2.05, 4.69) is 15.3 Å². The third-order valence-corrected chi connectivity index (χ3v) is 1.56. The fourth-order valence-corrected chi connectivity index (χ4v) is 0.793. The number of alkyl halides is 2. The van der Waals surface area contributed by atoms with Gasteiger partial charge in [0.15, 0.2) is 0 Å². The number of rotatable bonds is 4. The molecular weight excluding hydrogens is 208 g/mol. The van der Waals surface area contributed by atoms with Gasteiger partial charge in [-0.05, 0) is 0 Å². The Balaban J connectivity index is 2.44. The van der Waals surface area contributed by atoms with E-state index in [1.54, 1.807) is 0 Å². The van der Waals surface area contributed by atoms with E-state index in [9.17, 15) is 13.6 Å². The van der Waals surface area contributed by atoms with Crippen LogP contribution in [0.1, 0.15) is 10.5 Å². The van der Waals surface area contributed by atoms with Crippen molar-refractivity contribution in [1.82, 2.24) is 15.3 Å². The number of nitrogens with zero attached hydrogens (tertiary/aromatic N) is 2. The van der Waals surface area contributed by atoms with E-state index < -0.39 is 25.0 Å². The van der Waals surface area contributed by atoms with Crippen molar-refractivity contribution >= 4 is 5.91 Å². The largest absolute Gasteiger partial charge is 0.385 e. The number of aliphatic hydroxyl groups excluding tert-OH is 1. The molecule has 0 aliphatic carbocycles. The van der Waals surface area contributed by atoms with Gasteiger partial charge in [-0.25, -0.2) is 13.8 Å². The summed E-state index contributed by atoms with van der Waals surface area (Å²) in [5.41, 5.74) is 0.0129. The molecule has 1 aromatic rings. The molecule has 0 aromatic carbocycles. The molecule has 82 valence electrons. The van der Waals surface area contributed by atoms with Crippen molar-refractivity contribution in [3.63, 3.8) is 0 Å². The van der Waals surface area contributed by atoms with Crippen LogP contribution in [0.4, 0.5) is 8.78 Å². The summed E-state index contributed by atoms with van der Waals surface area (Å²) in [7, 11) is 0. The maximum Gasteiger partial charge on any atom is 0.271 e. The Kier molecular flexibility index (Phi) is 4.04. The van der Waals surface area contributed by atoms with Crippen LogP contribution in [-0.4, -0.2) is 40.1 Å². The Bertz CT molecular complexity index is 321. The smallest absolute Gasteiger partial charge is 0.271 e. The van der Waals surface area contributed by atoms with Crippen LogP contribution in [0.25, 0.3) is 0 Å². The second-order valence-corrected chi connectivity index (χ2v) is 2.70. The predicted molar refractivity (Wildman–Crippen MR) is 46.4 cm³/mol. The molecule has 1 atom stereocenters. The summed E-state index contributed by atoms with van der Waals surface area (Å²) in [5, 5.41) is 10.8. The lowest BCUT2D eigenvalue weighted by Gasteiger charge is -2.09. The van der Waals surface area contributed by atoms with Crippen molar-refractivity contribution in [2.24, 2.45) is 0 Å². The Labute approximate surface area is 84.2 Å². The lowest BCUT2D eigenvalue weighted by molar-refractivity contribution is -0.00273. The Morgan fingerprint density at radius 1 is 1.53 bits per heavy atom. The fraction of sp³-hybridized carbons (Fsp3) is 0.375. The maximum atomic E-state index is 11.9. The molecule has 1 aromatic heterocycles. The number of halogens is 2. The van der Waals surface area contributed by atoms with Crippen LogP contribution in [0.3, 0.4) is 0 Å². The van der Waals surface area contributed by atoms with Crippen LogP contribution in [0.2, 0.25) is 0 Å². The maximum absolute atomic E-state index is 11.9. The van der Waals surface area contributed by atoms with Crippen molar-refractivity contribution in [3.05, 3.63) is 24.3 Å². The van der Waals surface area contributed by atoms with Crippen molar-refractivity contribution < 1.29 is 18.7 Å². The molecule has 15 heavy (non-hydrogen) atoms. The Morgan fingerprint density at radius 2 is 2.27 bits per heavy atom. The Morgan fingerprint density at radius 3 is 2.80 bits per heavy atom. The van der Waals surface area contributed by atoms with Crippen LogP contribution in [-0.2, 0) is 0 Å². The van der Waals surface area contributed by atoms with Crippen molar-refractivity contribution in [3.8, 4) is 0 Å². The molecule has 0 radical (unpaired) electrons. The molecule has 5 nitrogen and oxygen atoms in total. The summed E-state index contributed by atoms with van der Waals surface area (Å²) >= 11 is 0. The average Bonchev–Trinajstić information content (AvgIpc) is 2.26. The quantitative estimate of drug-likeness (QED) is 0.734. The molecular formula is C8H9F2N3O2. The number of hydrogen-bond donors (Lipinski definition) is 2. The van der Waals surface area contributed by atoms with E-state index >= 15 is 0 Å². The molecule has 1 unspecified atom stereocenters. The summed E-state index contributed by atoms with van der Waals surface area (Å²) in [5.74, 6) is -0.650. The minimum atomic E-state index is -2.88. The standard InChI is InChI=1S/C8H9F2N3O2/c9-7(10)6(14)4-13-8(15)5-3-11-1-2-12-5/h1-3,6-7,14H,4H2,(H,13,15). The molecule has 0 aliphatic rings. The predicted octanol–water partition coefficient (Wildman–Crippen LogP) is -0.168. The first-order valence-corrected chi connectivity index (χ1v) is 4.11. The molecule has 2 N–H and O–H groups in total. The number of amides is 1. The molecule has 7 heteroatoms. The molecule has 0 bridgehead atoms. The van der Waals surface area contributed by atoms with E-state index in [1.807, 2.05) is 0 Å². The van der Waals surface area contributed by atoms with Gasteiger partial charge in [-0.1, -0.05) is 0 Å². The normalized spacial score (nSPS) is 12.5. The van der Waals surface area contributed by atoms with E-state index in [1.165, 1.54) is 18.6 Å². The van der Waals surface area contributed by atoms with E-state index in [0.29, 0.717) is 0 Å². The number of aromatic nitrogens is 2. The zero-order valence-corrected chi connectivity index (χ0v) is 7.60. The van der Waals surface area contributed by atoms with E-state index in [-0.39, 0.29) is 5.69 Å². The van der Waals surface area contributed by atoms with Gasteiger partial charge < -0.3 is 10.4 Å². The SMILES string of the molecule is O=C(NCC(O)C(F)F)c1cnccn1. The third kappa shape index (κ3) is 3.55. The van der Waals surface area contributed by atoms with Crippen LogP contribution in [0.15, 0.2) is 18.6 Å². The molecule has 0 saturated carbocycles. The Hall–Kier alpha value is -1.63. The van der Waals surface area contributed by atoms with Gasteiger partial charge in [0.2, 0.25) is 0 Å². The monoisotopic (exact) mass is 217 g/mol. The van der Waals surface area contributed by atoms with Gasteiger partial charge in [0.1, 0.15) is 11.8 Å². The molecule has 0 saturated heterocycles. The highest BCUT2D eigenvalue weighted by molar-refractivity contribution is 5.91. The summed E-state index contributed by atoms with van der Waals surface area (Å²) in [6.45, 7) is -0.521. The van der Waals surface area contributed by atoms with Gasteiger partial charge >= 0.3 is 0 Å². The highest BCUT2D eigenvalue weighted by Gasteiger charge is 2.18. The lowest BCUT2D eigenvalue weighted by Crippen LogP contribution is -2.36. The minimum Gasteiger partial charge on any atom is -0.385 e. The van der Waals surface area contributed by atoms with E-state index in [0.717, 1.165) is 0 Å². The van der Waals surface area contributed by atoms with Crippen LogP contribution >= 0.6 is 0 Å². The molecule has 1 amide bonds. The number of nitrogens with one attached hydrogen (secondary N) is 1. The van der Waals surface area contributed by atoms with E-state index in [4.69, 9.17) is 5.11 Å². The van der Waals surface area contributed by atoms with Crippen LogP contribution in [0, 0.1) is 0 Å². The van der Waals surface area contributed by atoms with Gasteiger partial charge in [-0.15, -0.1) is 0 Å². The second kappa shape index (κ2) is 5.30. The molecule has 0 aliphatic heterocycles. The summed E-state index contributed by atoms with van der Waals surface area (Å²) in [6, 6.07) is 0. The summed E-state index contributed by atoms with van der Waals surface area (Å²) < 4.78 is 23.7. The number of aliphatic hydroxyl groups is 1. The highest BCUT2D eigenvalue weighted by Crippen LogP contribution is 1.99. The zero-order chi connectivity index (χ0) is 11.3. The average molecular weight is 217 g/mol. The first-order valence-electron chi connectivity index (χ1n) is 4.11. The number of hydrogen-bond acceptors (Lipinski definition) is 4. The number of carbonyl (C=O) groups excluding carboxylic acids is 1. The van der Waals surface area contributed by atoms with Crippen molar-refractivity contribution in [2.45, 2.75) is 12.5 Å². The van der Waals surface area contributed by atoms with Crippen LogP contribution < -0.4 is 5.32 Å². The number of carbonyl (C=O) groups is 1. The van der Waals surface area contributed by atoms with Gasteiger partial charge in [0.25, 0.3) is 12.3 Å². The molecule has 1 heterocycles. The summed E-state index contributed by atoms with van der Waals surface area (Å²) in [6.07, 6.45) is -0.870. The first-order chi connectivity index (χ1) is 7.11. The van der Waals surface area contributed by atoms with Crippen molar-refractivity contribution in [1.29, 1.82) is 0 Å². The molecule has 1 rings (SSSR count). The third-order valence-electron chi connectivity index (χ3n) is 1.56. The van der Waals surface area contributed by atoms with Gasteiger partial charge in [0.05, 0.1) is 6.20 Å². The molecule has 0 spiro atoms. The fourth-order valence-electron chi connectivity index (χ4n) is 0.793.